The molecule has 1 N–H and O–H groups in total. The third-order valence-electron chi connectivity index (χ3n) is 4.79. The van der Waals surface area contributed by atoms with Gasteiger partial charge in [0.1, 0.15) is 0 Å². The fourth-order valence-electron chi connectivity index (χ4n) is 3.19. The van der Waals surface area contributed by atoms with Crippen LogP contribution in [0.3, 0.4) is 0 Å². The minimum atomic E-state index is 0.656. The largest absolute Gasteiger partial charge is 0.314 e. The van der Waals surface area contributed by atoms with Gasteiger partial charge in [0.2, 0.25) is 0 Å². The maximum atomic E-state index is 3.77. The van der Waals surface area contributed by atoms with Gasteiger partial charge in [0.25, 0.3) is 0 Å². The Hall–Kier alpha value is -0.860. The predicted molar refractivity (Wildman–Crippen MR) is 91.8 cm³/mol. The fraction of sp³-hybridized carbons (Fsp3) is 0.684. The van der Waals surface area contributed by atoms with Gasteiger partial charge < -0.3 is 10.2 Å². The quantitative estimate of drug-likeness (QED) is 0.777. The van der Waals surface area contributed by atoms with Gasteiger partial charge in [-0.3, -0.25) is 0 Å². The molecule has 118 valence electrons. The zero-order chi connectivity index (χ0) is 14.9. The molecular weight excluding hydrogens is 256 g/mol. The standard InChI is InChI=1S/C19H32N2/c1-3-4-14-21-15-11-19(12-16-21)20-13-10-17(2)18-8-6-5-7-9-18/h5-9,17,19-20H,3-4,10-16H2,1-2H3. The van der Waals surface area contributed by atoms with E-state index in [1.165, 1.54) is 57.3 Å². The lowest BCUT2D eigenvalue weighted by Crippen LogP contribution is -2.43. The highest BCUT2D eigenvalue weighted by atomic mass is 15.1. The van der Waals surface area contributed by atoms with Crippen LogP contribution in [0, 0.1) is 0 Å². The van der Waals surface area contributed by atoms with Crippen molar-refractivity contribution in [3.8, 4) is 0 Å². The van der Waals surface area contributed by atoms with Crippen molar-refractivity contribution in [1.82, 2.24) is 10.2 Å². The number of benzene rings is 1. The summed E-state index contributed by atoms with van der Waals surface area (Å²) in [5, 5.41) is 3.77. The Kier molecular flexibility index (Phi) is 7.25. The fourth-order valence-corrected chi connectivity index (χ4v) is 3.19. The van der Waals surface area contributed by atoms with E-state index in [1.807, 2.05) is 0 Å². The number of unbranched alkanes of at least 4 members (excludes halogenated alkanes) is 1. The maximum absolute atomic E-state index is 3.77. The number of piperidine rings is 1. The van der Waals surface area contributed by atoms with Crippen LogP contribution >= 0.6 is 0 Å². The third-order valence-corrected chi connectivity index (χ3v) is 4.79. The highest BCUT2D eigenvalue weighted by molar-refractivity contribution is 5.18. The van der Waals surface area contributed by atoms with Gasteiger partial charge >= 0.3 is 0 Å². The summed E-state index contributed by atoms with van der Waals surface area (Å²) in [7, 11) is 0. The molecule has 0 radical (unpaired) electrons. The van der Waals surface area contributed by atoms with Gasteiger partial charge in [0, 0.05) is 6.04 Å². The summed E-state index contributed by atoms with van der Waals surface area (Å²) in [6, 6.07) is 11.6. The van der Waals surface area contributed by atoms with Crippen LogP contribution in [0.4, 0.5) is 0 Å². The summed E-state index contributed by atoms with van der Waals surface area (Å²) in [4.78, 5) is 2.63. The normalized spacial score (nSPS) is 18.8. The molecule has 1 fully saturated rings. The summed E-state index contributed by atoms with van der Waals surface area (Å²) in [5.74, 6) is 0.656. The zero-order valence-corrected chi connectivity index (χ0v) is 13.9. The van der Waals surface area contributed by atoms with Crippen molar-refractivity contribution >= 4 is 0 Å². The van der Waals surface area contributed by atoms with E-state index >= 15 is 0 Å². The summed E-state index contributed by atoms with van der Waals surface area (Å²) in [6.45, 7) is 9.63. The molecule has 0 saturated carbocycles. The van der Waals surface area contributed by atoms with Crippen molar-refractivity contribution < 1.29 is 0 Å². The smallest absolute Gasteiger partial charge is 0.00914 e. The lowest BCUT2D eigenvalue weighted by molar-refractivity contribution is 0.195. The molecule has 2 nitrogen and oxygen atoms in total. The van der Waals surface area contributed by atoms with E-state index < -0.39 is 0 Å². The minimum absolute atomic E-state index is 0.656. The van der Waals surface area contributed by atoms with Crippen LogP contribution in [0.15, 0.2) is 30.3 Å². The Morgan fingerprint density at radius 2 is 1.90 bits per heavy atom. The molecule has 0 amide bonds. The number of rotatable bonds is 8. The van der Waals surface area contributed by atoms with E-state index in [2.05, 4.69) is 54.4 Å². The first-order valence-corrected chi connectivity index (χ1v) is 8.80. The van der Waals surface area contributed by atoms with Gasteiger partial charge in [-0.05, 0) is 63.3 Å². The molecule has 2 rings (SSSR count). The summed E-state index contributed by atoms with van der Waals surface area (Å²) in [5.41, 5.74) is 1.47. The molecule has 21 heavy (non-hydrogen) atoms. The molecular formula is C19H32N2. The van der Waals surface area contributed by atoms with Crippen LogP contribution in [-0.2, 0) is 0 Å². The van der Waals surface area contributed by atoms with Crippen LogP contribution in [-0.4, -0.2) is 37.1 Å². The Morgan fingerprint density at radius 3 is 2.57 bits per heavy atom. The second kappa shape index (κ2) is 9.22. The maximum Gasteiger partial charge on any atom is 0.00914 e. The average molecular weight is 288 g/mol. The van der Waals surface area contributed by atoms with Crippen molar-refractivity contribution in [1.29, 1.82) is 0 Å². The zero-order valence-electron chi connectivity index (χ0n) is 13.9. The van der Waals surface area contributed by atoms with Gasteiger partial charge in [-0.1, -0.05) is 50.6 Å². The predicted octanol–water partition coefficient (Wildman–Crippen LogP) is 4.03. The number of hydrogen-bond acceptors (Lipinski definition) is 2. The second-order valence-corrected chi connectivity index (χ2v) is 6.52. The SMILES string of the molecule is CCCCN1CCC(NCCC(C)c2ccccc2)CC1. The Morgan fingerprint density at radius 1 is 1.19 bits per heavy atom. The van der Waals surface area contributed by atoms with Crippen molar-refractivity contribution in [3.63, 3.8) is 0 Å². The number of nitrogens with one attached hydrogen (secondary N) is 1. The van der Waals surface area contributed by atoms with E-state index in [-0.39, 0.29) is 0 Å². The number of hydrogen-bond donors (Lipinski definition) is 1. The molecule has 2 heteroatoms. The summed E-state index contributed by atoms with van der Waals surface area (Å²) >= 11 is 0. The Labute approximate surface area is 130 Å². The van der Waals surface area contributed by atoms with Crippen LogP contribution in [0.25, 0.3) is 0 Å². The third kappa shape index (κ3) is 5.80. The number of likely N-dealkylation sites (tertiary alicyclic amines) is 1. The molecule has 1 aliphatic rings. The Bertz CT molecular complexity index is 368. The van der Waals surface area contributed by atoms with Crippen LogP contribution < -0.4 is 5.32 Å². The van der Waals surface area contributed by atoms with Gasteiger partial charge in [-0.2, -0.15) is 0 Å². The molecule has 0 bridgehead atoms. The first kappa shape index (κ1) is 16.5. The second-order valence-electron chi connectivity index (χ2n) is 6.52. The van der Waals surface area contributed by atoms with Crippen molar-refractivity contribution in [2.24, 2.45) is 0 Å². The molecule has 1 atom stereocenters. The first-order chi connectivity index (χ1) is 10.3. The van der Waals surface area contributed by atoms with Crippen molar-refractivity contribution in [3.05, 3.63) is 35.9 Å². The molecule has 1 heterocycles. The minimum Gasteiger partial charge on any atom is -0.314 e. The monoisotopic (exact) mass is 288 g/mol. The summed E-state index contributed by atoms with van der Waals surface area (Å²) < 4.78 is 0. The van der Waals surface area contributed by atoms with Crippen LogP contribution in [0.2, 0.25) is 0 Å². The van der Waals surface area contributed by atoms with Crippen molar-refractivity contribution in [2.75, 3.05) is 26.2 Å². The van der Waals surface area contributed by atoms with Crippen molar-refractivity contribution in [2.45, 2.75) is 57.9 Å². The molecule has 0 spiro atoms. The molecule has 1 saturated heterocycles. The Balaban J connectivity index is 1.60. The average Bonchev–Trinajstić information content (AvgIpc) is 2.55. The van der Waals surface area contributed by atoms with Gasteiger partial charge in [0.05, 0.1) is 0 Å². The molecule has 1 aliphatic heterocycles. The highest BCUT2D eigenvalue weighted by Gasteiger charge is 2.18. The topological polar surface area (TPSA) is 15.3 Å². The van der Waals surface area contributed by atoms with E-state index in [9.17, 15) is 0 Å². The van der Waals surface area contributed by atoms with E-state index in [0.717, 1.165) is 12.6 Å². The lowest BCUT2D eigenvalue weighted by Gasteiger charge is -2.32. The molecule has 0 aliphatic carbocycles. The van der Waals surface area contributed by atoms with E-state index in [0.29, 0.717) is 5.92 Å². The van der Waals surface area contributed by atoms with Crippen LogP contribution in [0.1, 0.15) is 57.4 Å². The van der Waals surface area contributed by atoms with Gasteiger partial charge in [0.15, 0.2) is 0 Å². The number of nitrogens with zero attached hydrogens (tertiary/aromatic N) is 1. The lowest BCUT2D eigenvalue weighted by atomic mass is 9.97. The van der Waals surface area contributed by atoms with E-state index in [1.54, 1.807) is 0 Å². The van der Waals surface area contributed by atoms with E-state index in [4.69, 9.17) is 0 Å². The molecule has 1 aromatic carbocycles. The highest BCUT2D eigenvalue weighted by Crippen LogP contribution is 2.18. The molecule has 1 aromatic rings. The summed E-state index contributed by atoms with van der Waals surface area (Å²) in [6.07, 6.45) is 6.55. The van der Waals surface area contributed by atoms with Crippen LogP contribution in [0.5, 0.6) is 0 Å². The first-order valence-electron chi connectivity index (χ1n) is 8.80. The molecule has 1 unspecified atom stereocenters. The molecule has 0 aromatic heterocycles. The van der Waals surface area contributed by atoms with Gasteiger partial charge in [-0.25, -0.2) is 0 Å². The van der Waals surface area contributed by atoms with Gasteiger partial charge in [-0.15, -0.1) is 0 Å².